The molecule has 0 aliphatic heterocycles. The van der Waals surface area contributed by atoms with Crippen molar-refractivity contribution in [2.45, 2.75) is 58.5 Å². The Morgan fingerprint density at radius 1 is 1.32 bits per heavy atom. The summed E-state index contributed by atoms with van der Waals surface area (Å²) in [5.74, 6) is 1.39. The molecule has 19 heavy (non-hydrogen) atoms. The van der Waals surface area contributed by atoms with Gasteiger partial charge in [0.25, 0.3) is 0 Å². The van der Waals surface area contributed by atoms with E-state index in [0.29, 0.717) is 12.5 Å². The number of aliphatic hydroxyl groups excluding tert-OH is 1. The summed E-state index contributed by atoms with van der Waals surface area (Å²) in [6.45, 7) is 9.18. The number of hydrogen-bond donors (Lipinski definition) is 1. The Morgan fingerprint density at radius 2 is 2.00 bits per heavy atom. The summed E-state index contributed by atoms with van der Waals surface area (Å²) < 4.78 is 5.88. The van der Waals surface area contributed by atoms with Gasteiger partial charge in [-0.1, -0.05) is 39.8 Å². The van der Waals surface area contributed by atoms with E-state index in [9.17, 15) is 5.11 Å². The molecular formula is C17H26O2. The first kappa shape index (κ1) is 14.4. The zero-order valence-electron chi connectivity index (χ0n) is 12.6. The number of hydrogen-bond acceptors (Lipinski definition) is 2. The second-order valence-electron chi connectivity index (χ2n) is 6.65. The maximum atomic E-state index is 9.92. The first-order valence-electron chi connectivity index (χ1n) is 7.36. The van der Waals surface area contributed by atoms with Gasteiger partial charge >= 0.3 is 0 Å². The third kappa shape index (κ3) is 3.73. The van der Waals surface area contributed by atoms with Crippen molar-refractivity contribution in [3.8, 4) is 5.75 Å². The van der Waals surface area contributed by atoms with Crippen LogP contribution in [0, 0.1) is 5.92 Å². The Bertz CT molecular complexity index is 427. The van der Waals surface area contributed by atoms with Crippen molar-refractivity contribution in [2.24, 2.45) is 5.92 Å². The Hall–Kier alpha value is -1.02. The van der Waals surface area contributed by atoms with E-state index in [4.69, 9.17) is 4.74 Å². The molecule has 1 aromatic rings. The van der Waals surface area contributed by atoms with Gasteiger partial charge in [-0.15, -0.1) is 0 Å². The molecule has 1 aliphatic rings. The molecule has 0 amide bonds. The van der Waals surface area contributed by atoms with Crippen LogP contribution in [0.25, 0.3) is 0 Å². The highest BCUT2D eigenvalue weighted by Gasteiger charge is 2.30. The largest absolute Gasteiger partial charge is 0.491 e. The molecule has 0 saturated heterocycles. The van der Waals surface area contributed by atoms with Gasteiger partial charge in [-0.05, 0) is 47.8 Å². The van der Waals surface area contributed by atoms with E-state index in [-0.39, 0.29) is 11.5 Å². The Balaban J connectivity index is 2.13. The van der Waals surface area contributed by atoms with Crippen LogP contribution in [-0.4, -0.2) is 17.8 Å². The second kappa shape index (κ2) is 5.54. The molecule has 1 saturated carbocycles. The van der Waals surface area contributed by atoms with Crippen LogP contribution >= 0.6 is 0 Å². The van der Waals surface area contributed by atoms with Gasteiger partial charge in [0.05, 0.1) is 6.10 Å². The lowest BCUT2D eigenvalue weighted by Crippen LogP contribution is -2.21. The van der Waals surface area contributed by atoms with E-state index < -0.39 is 0 Å². The van der Waals surface area contributed by atoms with Gasteiger partial charge in [-0.2, -0.15) is 0 Å². The van der Waals surface area contributed by atoms with Crippen LogP contribution in [0.3, 0.4) is 0 Å². The molecule has 0 spiro atoms. The van der Waals surface area contributed by atoms with E-state index in [1.165, 1.54) is 11.1 Å². The quantitative estimate of drug-likeness (QED) is 0.877. The molecule has 1 atom stereocenters. The third-order valence-electron chi connectivity index (χ3n) is 3.84. The van der Waals surface area contributed by atoms with Crippen LogP contribution < -0.4 is 4.74 Å². The predicted octanol–water partition coefficient (Wildman–Crippen LogP) is 3.70. The molecule has 2 rings (SSSR count). The van der Waals surface area contributed by atoms with Crippen LogP contribution in [0.4, 0.5) is 0 Å². The van der Waals surface area contributed by atoms with Gasteiger partial charge in [-0.3, -0.25) is 0 Å². The monoisotopic (exact) mass is 262 g/mol. The third-order valence-corrected chi connectivity index (χ3v) is 3.84. The average Bonchev–Trinajstić information content (AvgIpc) is 3.18. The van der Waals surface area contributed by atoms with E-state index in [2.05, 4.69) is 45.9 Å². The number of rotatable bonds is 5. The van der Waals surface area contributed by atoms with Crippen molar-refractivity contribution in [3.05, 3.63) is 29.3 Å². The van der Waals surface area contributed by atoms with Gasteiger partial charge in [-0.25, -0.2) is 0 Å². The van der Waals surface area contributed by atoms with Crippen molar-refractivity contribution in [1.29, 1.82) is 0 Å². The summed E-state index contributed by atoms with van der Waals surface area (Å²) >= 11 is 0. The topological polar surface area (TPSA) is 29.5 Å². The first-order valence-corrected chi connectivity index (χ1v) is 7.36. The summed E-state index contributed by atoms with van der Waals surface area (Å²) in [6.07, 6.45) is 3.02. The minimum atomic E-state index is -0.307. The number of aryl methyl sites for hydroxylation is 1. The van der Waals surface area contributed by atoms with Crippen LogP contribution in [0.2, 0.25) is 0 Å². The zero-order chi connectivity index (χ0) is 14.0. The van der Waals surface area contributed by atoms with Gasteiger partial charge in [0.2, 0.25) is 0 Å². The second-order valence-corrected chi connectivity index (χ2v) is 6.65. The molecule has 0 radical (unpaired) electrons. The molecule has 106 valence electrons. The van der Waals surface area contributed by atoms with Gasteiger partial charge in [0, 0.05) is 0 Å². The minimum Gasteiger partial charge on any atom is -0.491 e. The highest BCUT2D eigenvalue weighted by molar-refractivity contribution is 5.41. The fourth-order valence-electron chi connectivity index (χ4n) is 2.30. The van der Waals surface area contributed by atoms with Crippen molar-refractivity contribution in [1.82, 2.24) is 0 Å². The maximum absolute atomic E-state index is 9.92. The van der Waals surface area contributed by atoms with Crippen molar-refractivity contribution >= 4 is 0 Å². The van der Waals surface area contributed by atoms with E-state index in [0.717, 1.165) is 25.0 Å². The standard InChI is InChI=1S/C17H26O2/c1-5-12-6-9-16(14(10-12)17(2,3)4)19-11-15(18)13-7-8-13/h6,9-10,13,15,18H,5,7-8,11H2,1-4H3. The summed E-state index contributed by atoms with van der Waals surface area (Å²) in [5, 5.41) is 9.92. The van der Waals surface area contributed by atoms with Gasteiger partial charge < -0.3 is 9.84 Å². The van der Waals surface area contributed by atoms with E-state index in [1.807, 2.05) is 0 Å². The lowest BCUT2D eigenvalue weighted by Gasteiger charge is -2.24. The fraction of sp³-hybridized carbons (Fsp3) is 0.647. The molecule has 1 N–H and O–H groups in total. The number of ether oxygens (including phenoxy) is 1. The smallest absolute Gasteiger partial charge is 0.123 e. The molecule has 1 fully saturated rings. The molecular weight excluding hydrogens is 236 g/mol. The normalized spacial score (nSPS) is 17.3. The molecule has 1 aliphatic carbocycles. The highest BCUT2D eigenvalue weighted by Crippen LogP contribution is 2.35. The number of aliphatic hydroxyl groups is 1. The summed E-state index contributed by atoms with van der Waals surface area (Å²) in [5.41, 5.74) is 2.63. The molecule has 2 heteroatoms. The lowest BCUT2D eigenvalue weighted by molar-refractivity contribution is 0.0884. The average molecular weight is 262 g/mol. The SMILES string of the molecule is CCc1ccc(OCC(O)C2CC2)c(C(C)(C)C)c1. The summed E-state index contributed by atoms with van der Waals surface area (Å²) in [7, 11) is 0. The predicted molar refractivity (Wildman–Crippen MR) is 78.7 cm³/mol. The Morgan fingerprint density at radius 3 is 2.53 bits per heavy atom. The Kier molecular flexibility index (Phi) is 4.19. The molecule has 2 nitrogen and oxygen atoms in total. The zero-order valence-corrected chi connectivity index (χ0v) is 12.6. The highest BCUT2D eigenvalue weighted by atomic mass is 16.5. The number of benzene rings is 1. The molecule has 1 unspecified atom stereocenters. The van der Waals surface area contributed by atoms with Crippen LogP contribution in [-0.2, 0) is 11.8 Å². The first-order chi connectivity index (χ1) is 8.91. The molecule has 0 aromatic heterocycles. The van der Waals surface area contributed by atoms with Gasteiger partial charge in [0.15, 0.2) is 0 Å². The van der Waals surface area contributed by atoms with Crippen LogP contribution in [0.5, 0.6) is 5.75 Å². The lowest BCUT2D eigenvalue weighted by atomic mass is 9.85. The summed E-state index contributed by atoms with van der Waals surface area (Å²) in [4.78, 5) is 0. The van der Waals surface area contributed by atoms with E-state index in [1.54, 1.807) is 0 Å². The summed E-state index contributed by atoms with van der Waals surface area (Å²) in [6, 6.07) is 6.41. The Labute approximate surface area is 116 Å². The molecule has 0 heterocycles. The maximum Gasteiger partial charge on any atom is 0.123 e. The fourth-order valence-corrected chi connectivity index (χ4v) is 2.30. The molecule has 0 bridgehead atoms. The van der Waals surface area contributed by atoms with Crippen LogP contribution in [0.15, 0.2) is 18.2 Å². The van der Waals surface area contributed by atoms with Gasteiger partial charge in [0.1, 0.15) is 12.4 Å². The molecule has 1 aromatic carbocycles. The van der Waals surface area contributed by atoms with Crippen molar-refractivity contribution in [2.75, 3.05) is 6.61 Å². The van der Waals surface area contributed by atoms with E-state index >= 15 is 0 Å². The van der Waals surface area contributed by atoms with Crippen molar-refractivity contribution in [3.63, 3.8) is 0 Å². The van der Waals surface area contributed by atoms with Crippen molar-refractivity contribution < 1.29 is 9.84 Å². The minimum absolute atomic E-state index is 0.0606. The van der Waals surface area contributed by atoms with Crippen LogP contribution in [0.1, 0.15) is 51.7 Å².